The molecule has 160 valence electrons. The number of hydrogen-bond acceptors (Lipinski definition) is 5. The predicted octanol–water partition coefficient (Wildman–Crippen LogP) is 4.62. The third-order valence-corrected chi connectivity index (χ3v) is 6.99. The number of anilines is 1. The molecule has 2 aromatic heterocycles. The Labute approximate surface area is 184 Å². The molecule has 0 saturated carbocycles. The summed E-state index contributed by atoms with van der Waals surface area (Å²) < 4.78 is 27.4. The number of nitrogens with zero attached hydrogens (tertiary/aromatic N) is 1. The smallest absolute Gasteiger partial charge is 0.257 e. The Kier molecular flexibility index (Phi) is 5.42. The zero-order valence-electron chi connectivity index (χ0n) is 17.3. The molecule has 0 unspecified atom stereocenters. The highest BCUT2D eigenvalue weighted by Crippen LogP contribution is 2.31. The summed E-state index contributed by atoms with van der Waals surface area (Å²) in [6, 6.07) is 13.8. The van der Waals surface area contributed by atoms with E-state index in [9.17, 15) is 13.2 Å². The van der Waals surface area contributed by atoms with E-state index in [1.54, 1.807) is 20.8 Å². The molecule has 31 heavy (non-hydrogen) atoms. The lowest BCUT2D eigenvalue weighted by molar-refractivity contribution is 0.102. The second-order valence-electron chi connectivity index (χ2n) is 8.12. The Morgan fingerprint density at radius 1 is 1.06 bits per heavy atom. The molecule has 0 spiro atoms. The standard InChI is InChI=1S/C22H22N4O3S2/c1-22(2,3)26-31(28,29)15-10-8-14(9-11-15)20(27)25-21-24-19(13-30-21)17-12-23-18-7-5-4-6-16(17)18/h4-13,23,26H,1-3H3,(H,24,25,27). The number of nitrogens with one attached hydrogen (secondary N) is 3. The number of carbonyl (C=O) groups is 1. The van der Waals surface area contributed by atoms with Crippen LogP contribution in [0.3, 0.4) is 0 Å². The zero-order valence-corrected chi connectivity index (χ0v) is 18.9. The van der Waals surface area contributed by atoms with Gasteiger partial charge >= 0.3 is 0 Å². The fourth-order valence-corrected chi connectivity index (χ4v) is 5.28. The van der Waals surface area contributed by atoms with Gasteiger partial charge in [-0.25, -0.2) is 18.1 Å². The van der Waals surface area contributed by atoms with Crippen molar-refractivity contribution in [3.05, 3.63) is 65.7 Å². The predicted molar refractivity (Wildman–Crippen MR) is 124 cm³/mol. The van der Waals surface area contributed by atoms with E-state index < -0.39 is 15.6 Å². The average Bonchev–Trinajstić information content (AvgIpc) is 3.33. The molecule has 2 aromatic carbocycles. The van der Waals surface area contributed by atoms with E-state index in [2.05, 4.69) is 20.0 Å². The second-order valence-corrected chi connectivity index (χ2v) is 10.7. The first kappa shape index (κ1) is 21.2. The first-order chi connectivity index (χ1) is 14.6. The zero-order chi connectivity index (χ0) is 22.2. The molecule has 0 bridgehead atoms. The molecular formula is C22H22N4O3S2. The maximum absolute atomic E-state index is 12.6. The fourth-order valence-electron chi connectivity index (χ4n) is 3.16. The molecule has 0 saturated heterocycles. The molecule has 7 nitrogen and oxygen atoms in total. The number of amides is 1. The number of carbonyl (C=O) groups excluding carboxylic acids is 1. The normalized spacial score (nSPS) is 12.2. The van der Waals surface area contributed by atoms with Crippen LogP contribution in [0.15, 0.2) is 65.0 Å². The maximum atomic E-state index is 12.6. The van der Waals surface area contributed by atoms with Gasteiger partial charge in [0.15, 0.2) is 5.13 Å². The molecule has 2 heterocycles. The Morgan fingerprint density at radius 2 is 1.77 bits per heavy atom. The maximum Gasteiger partial charge on any atom is 0.257 e. The van der Waals surface area contributed by atoms with Crippen LogP contribution in [-0.2, 0) is 10.0 Å². The van der Waals surface area contributed by atoms with Crippen molar-refractivity contribution in [2.75, 3.05) is 5.32 Å². The monoisotopic (exact) mass is 454 g/mol. The first-order valence-corrected chi connectivity index (χ1v) is 12.0. The van der Waals surface area contributed by atoms with Crippen LogP contribution < -0.4 is 10.0 Å². The number of aromatic nitrogens is 2. The summed E-state index contributed by atoms with van der Waals surface area (Å²) in [4.78, 5) is 20.4. The average molecular weight is 455 g/mol. The molecular weight excluding hydrogens is 432 g/mol. The third kappa shape index (κ3) is 4.68. The van der Waals surface area contributed by atoms with Gasteiger partial charge in [0.1, 0.15) is 0 Å². The molecule has 0 fully saturated rings. The van der Waals surface area contributed by atoms with Crippen LogP contribution in [-0.4, -0.2) is 29.8 Å². The summed E-state index contributed by atoms with van der Waals surface area (Å²) in [5, 5.41) is 6.20. The van der Waals surface area contributed by atoms with Crippen molar-refractivity contribution in [2.45, 2.75) is 31.2 Å². The van der Waals surface area contributed by atoms with Crippen LogP contribution in [0.5, 0.6) is 0 Å². The minimum Gasteiger partial charge on any atom is -0.360 e. The van der Waals surface area contributed by atoms with Crippen LogP contribution >= 0.6 is 11.3 Å². The number of thiazole rings is 1. The topological polar surface area (TPSA) is 104 Å². The molecule has 0 atom stereocenters. The summed E-state index contributed by atoms with van der Waals surface area (Å²) in [7, 11) is -3.65. The molecule has 0 aliphatic rings. The van der Waals surface area contributed by atoms with Crippen molar-refractivity contribution in [3.63, 3.8) is 0 Å². The van der Waals surface area contributed by atoms with Gasteiger partial charge in [-0.05, 0) is 51.1 Å². The number of sulfonamides is 1. The number of para-hydroxylation sites is 1. The highest BCUT2D eigenvalue weighted by atomic mass is 32.2. The van der Waals surface area contributed by atoms with Gasteiger partial charge in [-0.2, -0.15) is 0 Å². The summed E-state index contributed by atoms with van der Waals surface area (Å²) in [5.41, 5.74) is 2.51. The quantitative estimate of drug-likeness (QED) is 0.409. The van der Waals surface area contributed by atoms with Crippen molar-refractivity contribution in [2.24, 2.45) is 0 Å². The number of hydrogen-bond donors (Lipinski definition) is 3. The minimum atomic E-state index is -3.65. The number of rotatable bonds is 5. The highest BCUT2D eigenvalue weighted by molar-refractivity contribution is 7.89. The lowest BCUT2D eigenvalue weighted by atomic mass is 10.1. The molecule has 0 radical (unpaired) electrons. The lowest BCUT2D eigenvalue weighted by Crippen LogP contribution is -2.40. The lowest BCUT2D eigenvalue weighted by Gasteiger charge is -2.20. The van der Waals surface area contributed by atoms with Crippen LogP contribution in [0, 0.1) is 0 Å². The number of fused-ring (bicyclic) bond motifs is 1. The van der Waals surface area contributed by atoms with Crippen LogP contribution in [0.25, 0.3) is 22.2 Å². The second kappa shape index (κ2) is 7.92. The summed E-state index contributed by atoms with van der Waals surface area (Å²) in [5.74, 6) is -0.354. The van der Waals surface area contributed by atoms with Gasteiger partial charge in [0, 0.05) is 39.1 Å². The Morgan fingerprint density at radius 3 is 2.48 bits per heavy atom. The van der Waals surface area contributed by atoms with Gasteiger partial charge in [0.25, 0.3) is 5.91 Å². The van der Waals surface area contributed by atoms with Crippen LogP contribution in [0.4, 0.5) is 5.13 Å². The van der Waals surface area contributed by atoms with E-state index in [-0.39, 0.29) is 10.8 Å². The number of H-pyrrole nitrogens is 1. The van der Waals surface area contributed by atoms with E-state index >= 15 is 0 Å². The highest BCUT2D eigenvalue weighted by Gasteiger charge is 2.22. The third-order valence-electron chi connectivity index (χ3n) is 4.46. The molecule has 0 aliphatic heterocycles. The van der Waals surface area contributed by atoms with Crippen molar-refractivity contribution in [3.8, 4) is 11.3 Å². The van der Waals surface area contributed by atoms with Crippen molar-refractivity contribution in [1.29, 1.82) is 0 Å². The molecule has 1 amide bonds. The van der Waals surface area contributed by atoms with E-state index in [0.717, 1.165) is 22.2 Å². The van der Waals surface area contributed by atoms with Crippen molar-refractivity contribution < 1.29 is 13.2 Å². The minimum absolute atomic E-state index is 0.106. The summed E-state index contributed by atoms with van der Waals surface area (Å²) in [6.45, 7) is 5.31. The summed E-state index contributed by atoms with van der Waals surface area (Å²) in [6.07, 6.45) is 1.90. The van der Waals surface area contributed by atoms with Crippen molar-refractivity contribution in [1.82, 2.24) is 14.7 Å². The Balaban J connectivity index is 1.49. The fraction of sp³-hybridized carbons (Fsp3) is 0.182. The molecule has 4 rings (SSSR count). The molecule has 3 N–H and O–H groups in total. The van der Waals surface area contributed by atoms with Gasteiger partial charge in [0.2, 0.25) is 10.0 Å². The largest absolute Gasteiger partial charge is 0.360 e. The van der Waals surface area contributed by atoms with Gasteiger partial charge in [-0.3, -0.25) is 10.1 Å². The van der Waals surface area contributed by atoms with Gasteiger partial charge in [-0.15, -0.1) is 11.3 Å². The molecule has 9 heteroatoms. The van der Waals surface area contributed by atoms with Gasteiger partial charge < -0.3 is 4.98 Å². The Bertz CT molecular complexity index is 1350. The SMILES string of the molecule is CC(C)(C)NS(=O)(=O)c1ccc(C(=O)Nc2nc(-c3c[nH]c4ccccc34)cs2)cc1. The molecule has 4 aromatic rings. The molecule has 0 aliphatic carbocycles. The van der Waals surface area contributed by atoms with Crippen molar-refractivity contribution >= 4 is 43.3 Å². The van der Waals surface area contributed by atoms with Crippen LogP contribution in [0.1, 0.15) is 31.1 Å². The summed E-state index contributed by atoms with van der Waals surface area (Å²) >= 11 is 1.33. The number of aromatic amines is 1. The van der Waals surface area contributed by atoms with Crippen LogP contribution in [0.2, 0.25) is 0 Å². The number of benzene rings is 2. The Hall–Kier alpha value is -3.01. The van der Waals surface area contributed by atoms with Gasteiger partial charge in [0.05, 0.1) is 10.6 Å². The van der Waals surface area contributed by atoms with Gasteiger partial charge in [-0.1, -0.05) is 18.2 Å². The van der Waals surface area contributed by atoms with E-state index in [1.807, 2.05) is 35.8 Å². The van der Waals surface area contributed by atoms with E-state index in [4.69, 9.17) is 0 Å². The van der Waals surface area contributed by atoms with E-state index in [0.29, 0.717) is 10.7 Å². The van der Waals surface area contributed by atoms with E-state index in [1.165, 1.54) is 35.6 Å². The first-order valence-electron chi connectivity index (χ1n) is 9.60.